The molecule has 0 bridgehead atoms. The number of rotatable bonds is 4. The lowest BCUT2D eigenvalue weighted by Gasteiger charge is -2.20. The lowest BCUT2D eigenvalue weighted by molar-refractivity contribution is 0.379. The quantitative estimate of drug-likeness (QED) is 0.763. The van der Waals surface area contributed by atoms with Gasteiger partial charge in [-0.2, -0.15) is 0 Å². The predicted molar refractivity (Wildman–Crippen MR) is 61.6 cm³/mol. The van der Waals surface area contributed by atoms with Crippen molar-refractivity contribution >= 4 is 0 Å². The fourth-order valence-corrected chi connectivity index (χ4v) is 2.02. The molecule has 2 nitrogen and oxygen atoms in total. The molecule has 1 unspecified atom stereocenters. The molecule has 0 saturated carbocycles. The van der Waals surface area contributed by atoms with Gasteiger partial charge in [0.05, 0.1) is 12.3 Å². The molecule has 0 aromatic carbocycles. The molecule has 2 rings (SSSR count). The van der Waals surface area contributed by atoms with E-state index in [1.54, 1.807) is 6.26 Å². The Kier molecular flexibility index (Phi) is 3.62. The summed E-state index contributed by atoms with van der Waals surface area (Å²) in [4.78, 5) is 0. The lowest BCUT2D eigenvalue weighted by atomic mass is 9.94. The Morgan fingerprint density at radius 2 is 2.47 bits per heavy atom. The first kappa shape index (κ1) is 10.5. The topological polar surface area (TPSA) is 25.2 Å². The Morgan fingerprint density at radius 3 is 3.13 bits per heavy atom. The first-order valence-corrected chi connectivity index (χ1v) is 5.78. The lowest BCUT2D eigenvalue weighted by Crippen LogP contribution is -2.26. The van der Waals surface area contributed by atoms with Crippen molar-refractivity contribution in [2.75, 3.05) is 6.54 Å². The minimum absolute atomic E-state index is 0.325. The van der Waals surface area contributed by atoms with E-state index >= 15 is 0 Å². The molecule has 1 heterocycles. The highest BCUT2D eigenvalue weighted by molar-refractivity contribution is 5.03. The van der Waals surface area contributed by atoms with Crippen molar-refractivity contribution in [3.63, 3.8) is 0 Å². The molecular formula is C13H19NO. The highest BCUT2D eigenvalue weighted by Gasteiger charge is 2.12. The third kappa shape index (κ3) is 2.96. The molecule has 0 fully saturated rings. The average molecular weight is 205 g/mol. The second-order valence-electron chi connectivity index (χ2n) is 4.30. The van der Waals surface area contributed by atoms with Crippen LogP contribution in [0.2, 0.25) is 0 Å². The van der Waals surface area contributed by atoms with Crippen molar-refractivity contribution in [2.45, 2.75) is 32.2 Å². The van der Waals surface area contributed by atoms with Crippen LogP contribution in [0.25, 0.3) is 0 Å². The van der Waals surface area contributed by atoms with Crippen LogP contribution in [0.4, 0.5) is 0 Å². The van der Waals surface area contributed by atoms with Crippen molar-refractivity contribution in [1.29, 1.82) is 0 Å². The van der Waals surface area contributed by atoms with E-state index < -0.39 is 0 Å². The second-order valence-corrected chi connectivity index (χ2v) is 4.30. The molecule has 82 valence electrons. The van der Waals surface area contributed by atoms with Crippen LogP contribution in [0.3, 0.4) is 0 Å². The first-order chi connectivity index (χ1) is 7.36. The highest BCUT2D eigenvalue weighted by Crippen LogP contribution is 2.19. The molecule has 0 aliphatic heterocycles. The molecule has 0 saturated heterocycles. The van der Waals surface area contributed by atoms with Gasteiger partial charge in [0.25, 0.3) is 0 Å². The summed E-state index contributed by atoms with van der Waals surface area (Å²) < 4.78 is 5.36. The van der Waals surface area contributed by atoms with Crippen LogP contribution in [-0.2, 0) is 0 Å². The van der Waals surface area contributed by atoms with Gasteiger partial charge >= 0.3 is 0 Å². The van der Waals surface area contributed by atoms with E-state index in [9.17, 15) is 0 Å². The maximum absolute atomic E-state index is 5.36. The van der Waals surface area contributed by atoms with Gasteiger partial charge in [-0.05, 0) is 50.8 Å². The summed E-state index contributed by atoms with van der Waals surface area (Å²) in [5, 5.41) is 3.53. The maximum Gasteiger partial charge on any atom is 0.120 e. The van der Waals surface area contributed by atoms with Crippen molar-refractivity contribution in [2.24, 2.45) is 5.92 Å². The molecule has 1 aliphatic carbocycles. The van der Waals surface area contributed by atoms with Crippen LogP contribution in [0.15, 0.2) is 35.0 Å². The van der Waals surface area contributed by atoms with E-state index in [0.717, 1.165) is 18.2 Å². The maximum atomic E-state index is 5.36. The number of nitrogens with one attached hydrogen (secondary N) is 1. The first-order valence-electron chi connectivity index (χ1n) is 5.78. The molecule has 2 atom stereocenters. The number of furan rings is 1. The fraction of sp³-hybridized carbons (Fsp3) is 0.538. The monoisotopic (exact) mass is 205 g/mol. The smallest absolute Gasteiger partial charge is 0.120 e. The van der Waals surface area contributed by atoms with Gasteiger partial charge in [-0.1, -0.05) is 12.2 Å². The second kappa shape index (κ2) is 5.17. The van der Waals surface area contributed by atoms with Crippen LogP contribution in [0, 0.1) is 5.92 Å². The Hall–Kier alpha value is -1.02. The zero-order chi connectivity index (χ0) is 10.5. The van der Waals surface area contributed by atoms with E-state index in [4.69, 9.17) is 4.42 Å². The molecule has 15 heavy (non-hydrogen) atoms. The van der Waals surface area contributed by atoms with Crippen LogP contribution >= 0.6 is 0 Å². The van der Waals surface area contributed by atoms with Crippen molar-refractivity contribution in [3.8, 4) is 0 Å². The van der Waals surface area contributed by atoms with E-state index in [1.807, 2.05) is 12.1 Å². The third-order valence-corrected chi connectivity index (χ3v) is 3.06. The Balaban J connectivity index is 1.75. The van der Waals surface area contributed by atoms with Gasteiger partial charge in [0, 0.05) is 0 Å². The van der Waals surface area contributed by atoms with Crippen molar-refractivity contribution < 1.29 is 4.42 Å². The van der Waals surface area contributed by atoms with Crippen LogP contribution in [-0.4, -0.2) is 6.54 Å². The van der Waals surface area contributed by atoms with E-state index in [-0.39, 0.29) is 0 Å². The van der Waals surface area contributed by atoms with Gasteiger partial charge in [0.1, 0.15) is 5.76 Å². The van der Waals surface area contributed by atoms with Crippen LogP contribution in [0.5, 0.6) is 0 Å². The van der Waals surface area contributed by atoms with E-state index in [0.29, 0.717) is 6.04 Å². The highest BCUT2D eigenvalue weighted by atomic mass is 16.3. The molecule has 0 radical (unpaired) electrons. The molecule has 1 aliphatic rings. The van der Waals surface area contributed by atoms with Crippen molar-refractivity contribution in [1.82, 2.24) is 5.32 Å². The molecule has 1 aromatic rings. The molecular weight excluding hydrogens is 186 g/mol. The molecule has 1 aromatic heterocycles. The summed E-state index contributed by atoms with van der Waals surface area (Å²) in [6, 6.07) is 4.29. The zero-order valence-corrected chi connectivity index (χ0v) is 9.28. The summed E-state index contributed by atoms with van der Waals surface area (Å²) in [6.45, 7) is 3.24. The third-order valence-electron chi connectivity index (χ3n) is 3.06. The van der Waals surface area contributed by atoms with Crippen molar-refractivity contribution in [3.05, 3.63) is 36.3 Å². The number of hydrogen-bond acceptors (Lipinski definition) is 2. The molecule has 0 spiro atoms. The minimum Gasteiger partial charge on any atom is -0.468 e. The SMILES string of the molecule is C[C@@H](NCC1CC=CCC1)c1ccco1. The van der Waals surface area contributed by atoms with Crippen LogP contribution in [0.1, 0.15) is 38.0 Å². The number of allylic oxidation sites excluding steroid dienone is 2. The Bertz CT molecular complexity index is 302. The zero-order valence-electron chi connectivity index (χ0n) is 9.28. The van der Waals surface area contributed by atoms with Gasteiger partial charge in [0.2, 0.25) is 0 Å². The van der Waals surface area contributed by atoms with Gasteiger partial charge in [0.15, 0.2) is 0 Å². The molecule has 1 N–H and O–H groups in total. The fourth-order valence-electron chi connectivity index (χ4n) is 2.02. The van der Waals surface area contributed by atoms with Gasteiger partial charge < -0.3 is 9.73 Å². The van der Waals surface area contributed by atoms with Gasteiger partial charge in [-0.3, -0.25) is 0 Å². The molecule has 2 heteroatoms. The Labute approximate surface area is 91.4 Å². The van der Waals surface area contributed by atoms with E-state index in [2.05, 4.69) is 24.4 Å². The van der Waals surface area contributed by atoms with Gasteiger partial charge in [-0.15, -0.1) is 0 Å². The van der Waals surface area contributed by atoms with Crippen LogP contribution < -0.4 is 5.32 Å². The van der Waals surface area contributed by atoms with Gasteiger partial charge in [-0.25, -0.2) is 0 Å². The minimum atomic E-state index is 0.325. The summed E-state index contributed by atoms with van der Waals surface area (Å²) in [7, 11) is 0. The summed E-state index contributed by atoms with van der Waals surface area (Å²) in [5.74, 6) is 1.83. The molecule has 0 amide bonds. The Morgan fingerprint density at radius 1 is 1.53 bits per heavy atom. The largest absolute Gasteiger partial charge is 0.468 e. The number of hydrogen-bond donors (Lipinski definition) is 1. The predicted octanol–water partition coefficient (Wildman–Crippen LogP) is 3.29. The summed E-state index contributed by atoms with van der Waals surface area (Å²) in [5.41, 5.74) is 0. The summed E-state index contributed by atoms with van der Waals surface area (Å²) in [6.07, 6.45) is 10.1. The normalized spacial score (nSPS) is 22.9. The standard InChI is InChI=1S/C13H19NO/c1-11(13-8-5-9-15-13)14-10-12-6-3-2-4-7-12/h2-3,5,8-9,11-12,14H,4,6-7,10H2,1H3/t11-,12?/m1/s1. The van der Waals surface area contributed by atoms with E-state index in [1.165, 1.54) is 19.3 Å². The summed E-state index contributed by atoms with van der Waals surface area (Å²) >= 11 is 0. The average Bonchev–Trinajstić information content (AvgIpc) is 2.81.